The van der Waals surface area contributed by atoms with Crippen molar-refractivity contribution in [3.63, 3.8) is 0 Å². The van der Waals surface area contributed by atoms with E-state index in [1.165, 1.54) is 12.8 Å². The fraction of sp³-hybridized carbons (Fsp3) is 0.938. The quantitative estimate of drug-likeness (QED) is 0.828. The Balaban J connectivity index is 2.73. The molecule has 0 aromatic heterocycles. The molecule has 0 spiro atoms. The van der Waals surface area contributed by atoms with Crippen molar-refractivity contribution in [3.8, 4) is 0 Å². The van der Waals surface area contributed by atoms with Gasteiger partial charge in [-0.15, -0.1) is 0 Å². The highest BCUT2D eigenvalue weighted by atomic mass is 16.4. The Morgan fingerprint density at radius 3 is 2.42 bits per heavy atom. The van der Waals surface area contributed by atoms with Gasteiger partial charge in [0.05, 0.1) is 5.92 Å². The molecule has 1 aliphatic rings. The summed E-state index contributed by atoms with van der Waals surface area (Å²) in [5, 5.41) is 9.45. The molecule has 0 radical (unpaired) electrons. The van der Waals surface area contributed by atoms with E-state index in [1.54, 1.807) is 0 Å². The van der Waals surface area contributed by atoms with Gasteiger partial charge >= 0.3 is 5.97 Å². The SMILES string of the molecule is CCCC1CCC(C(=O)O)C(N(C)CC(C)(C)C)C1. The predicted molar refractivity (Wildman–Crippen MR) is 79.2 cm³/mol. The molecule has 1 N–H and O–H groups in total. The summed E-state index contributed by atoms with van der Waals surface area (Å²) in [5.74, 6) is -0.0748. The van der Waals surface area contributed by atoms with Crippen LogP contribution in [-0.2, 0) is 4.79 Å². The highest BCUT2D eigenvalue weighted by Gasteiger charge is 2.37. The highest BCUT2D eigenvalue weighted by molar-refractivity contribution is 5.71. The fourth-order valence-electron chi connectivity index (χ4n) is 3.54. The van der Waals surface area contributed by atoms with Crippen LogP contribution in [0.4, 0.5) is 0 Å². The lowest BCUT2D eigenvalue weighted by Crippen LogP contribution is -2.47. The summed E-state index contributed by atoms with van der Waals surface area (Å²) < 4.78 is 0. The van der Waals surface area contributed by atoms with E-state index < -0.39 is 5.97 Å². The Morgan fingerprint density at radius 1 is 1.32 bits per heavy atom. The Hall–Kier alpha value is -0.570. The third-order valence-corrected chi connectivity index (χ3v) is 4.23. The van der Waals surface area contributed by atoms with Crippen molar-refractivity contribution < 1.29 is 9.90 Å². The minimum atomic E-state index is -0.610. The minimum absolute atomic E-state index is 0.180. The van der Waals surface area contributed by atoms with Gasteiger partial charge in [-0.25, -0.2) is 0 Å². The highest BCUT2D eigenvalue weighted by Crippen LogP contribution is 2.35. The van der Waals surface area contributed by atoms with Crippen LogP contribution in [0.15, 0.2) is 0 Å². The molecule has 0 aliphatic heterocycles. The van der Waals surface area contributed by atoms with E-state index >= 15 is 0 Å². The lowest BCUT2D eigenvalue weighted by atomic mass is 9.75. The van der Waals surface area contributed by atoms with Crippen LogP contribution in [0.25, 0.3) is 0 Å². The summed E-state index contributed by atoms with van der Waals surface area (Å²) >= 11 is 0. The molecule has 3 unspecified atom stereocenters. The number of carboxylic acids is 1. The van der Waals surface area contributed by atoms with Crippen molar-refractivity contribution in [2.45, 2.75) is 65.8 Å². The van der Waals surface area contributed by atoms with E-state index in [2.05, 4.69) is 39.6 Å². The maximum atomic E-state index is 11.5. The molecule has 0 saturated heterocycles. The molecule has 112 valence electrons. The van der Waals surface area contributed by atoms with E-state index in [1.807, 2.05) is 0 Å². The zero-order chi connectivity index (χ0) is 14.6. The number of rotatable bonds is 5. The Labute approximate surface area is 118 Å². The summed E-state index contributed by atoms with van der Waals surface area (Å²) in [6.45, 7) is 9.82. The van der Waals surface area contributed by atoms with Crippen molar-refractivity contribution in [2.75, 3.05) is 13.6 Å². The number of nitrogens with zero attached hydrogens (tertiary/aromatic N) is 1. The molecule has 0 amide bonds. The summed E-state index contributed by atoms with van der Waals surface area (Å²) in [4.78, 5) is 13.8. The summed E-state index contributed by atoms with van der Waals surface area (Å²) in [7, 11) is 2.10. The van der Waals surface area contributed by atoms with E-state index in [9.17, 15) is 9.90 Å². The third kappa shape index (κ3) is 5.13. The van der Waals surface area contributed by atoms with Crippen LogP contribution >= 0.6 is 0 Å². The number of carboxylic acid groups (broad SMARTS) is 1. The van der Waals surface area contributed by atoms with Crippen LogP contribution in [0.1, 0.15) is 59.8 Å². The summed E-state index contributed by atoms with van der Waals surface area (Å²) in [6, 6.07) is 0.210. The molecule has 3 nitrogen and oxygen atoms in total. The molecule has 1 saturated carbocycles. The van der Waals surface area contributed by atoms with Gasteiger partial charge in [-0.1, -0.05) is 40.5 Å². The van der Waals surface area contributed by atoms with Crippen LogP contribution < -0.4 is 0 Å². The largest absolute Gasteiger partial charge is 0.481 e. The maximum Gasteiger partial charge on any atom is 0.308 e. The normalized spacial score (nSPS) is 28.6. The van der Waals surface area contributed by atoms with Crippen molar-refractivity contribution in [1.82, 2.24) is 4.90 Å². The first-order valence-electron chi connectivity index (χ1n) is 7.67. The third-order valence-electron chi connectivity index (χ3n) is 4.23. The molecule has 0 aromatic carbocycles. The molecule has 3 atom stereocenters. The van der Waals surface area contributed by atoms with Gasteiger partial charge in [0.1, 0.15) is 0 Å². The van der Waals surface area contributed by atoms with E-state index in [0.29, 0.717) is 5.92 Å². The molecule has 3 heteroatoms. The van der Waals surface area contributed by atoms with Crippen LogP contribution in [0.5, 0.6) is 0 Å². The van der Waals surface area contributed by atoms with Gasteiger partial charge in [0.25, 0.3) is 0 Å². The molecule has 1 fully saturated rings. The lowest BCUT2D eigenvalue weighted by molar-refractivity contribution is -0.146. The van der Waals surface area contributed by atoms with Crippen molar-refractivity contribution in [1.29, 1.82) is 0 Å². The Kier molecular flexibility index (Phi) is 5.84. The zero-order valence-electron chi connectivity index (χ0n) is 13.3. The Morgan fingerprint density at radius 2 is 1.95 bits per heavy atom. The predicted octanol–water partition coefficient (Wildman–Crippen LogP) is 3.63. The molecule has 1 rings (SSSR count). The smallest absolute Gasteiger partial charge is 0.308 e. The number of hydrogen-bond acceptors (Lipinski definition) is 2. The van der Waals surface area contributed by atoms with Crippen LogP contribution in [0, 0.1) is 17.3 Å². The zero-order valence-corrected chi connectivity index (χ0v) is 13.3. The molecule has 0 bridgehead atoms. The molecule has 0 aromatic rings. The van der Waals surface area contributed by atoms with E-state index in [4.69, 9.17) is 0 Å². The second kappa shape index (κ2) is 6.74. The fourth-order valence-corrected chi connectivity index (χ4v) is 3.54. The van der Waals surface area contributed by atoms with E-state index in [-0.39, 0.29) is 17.4 Å². The van der Waals surface area contributed by atoms with E-state index in [0.717, 1.165) is 25.8 Å². The first kappa shape index (κ1) is 16.5. The topological polar surface area (TPSA) is 40.5 Å². The van der Waals surface area contributed by atoms with Crippen molar-refractivity contribution >= 4 is 5.97 Å². The standard InChI is InChI=1S/C16H31NO2/c1-6-7-12-8-9-13(15(18)19)14(10-12)17(5)11-16(2,3)4/h12-14H,6-11H2,1-5H3,(H,18,19). The number of hydrogen-bond donors (Lipinski definition) is 1. The molecule has 19 heavy (non-hydrogen) atoms. The van der Waals surface area contributed by atoms with Crippen LogP contribution in [0.3, 0.4) is 0 Å². The average molecular weight is 269 g/mol. The monoisotopic (exact) mass is 269 g/mol. The van der Waals surface area contributed by atoms with Crippen LogP contribution in [-0.4, -0.2) is 35.6 Å². The Bertz CT molecular complexity index is 296. The molecule has 1 aliphatic carbocycles. The second-order valence-corrected chi connectivity index (χ2v) is 7.46. The van der Waals surface area contributed by atoms with Gasteiger partial charge < -0.3 is 10.0 Å². The van der Waals surface area contributed by atoms with Crippen LogP contribution in [0.2, 0.25) is 0 Å². The first-order chi connectivity index (χ1) is 8.74. The lowest BCUT2D eigenvalue weighted by Gasteiger charge is -2.41. The van der Waals surface area contributed by atoms with Gasteiger partial charge in [-0.2, -0.15) is 0 Å². The summed E-state index contributed by atoms with van der Waals surface area (Å²) in [6.07, 6.45) is 5.44. The van der Waals surface area contributed by atoms with Gasteiger partial charge in [0.2, 0.25) is 0 Å². The maximum absolute atomic E-state index is 11.5. The van der Waals surface area contributed by atoms with Crippen molar-refractivity contribution in [2.24, 2.45) is 17.3 Å². The number of carbonyl (C=O) groups is 1. The second-order valence-electron chi connectivity index (χ2n) is 7.46. The summed E-state index contributed by atoms with van der Waals surface area (Å²) in [5.41, 5.74) is 0.218. The van der Waals surface area contributed by atoms with Gasteiger partial charge in [-0.05, 0) is 37.6 Å². The first-order valence-corrected chi connectivity index (χ1v) is 7.67. The molecular formula is C16H31NO2. The van der Waals surface area contributed by atoms with Gasteiger partial charge in [0.15, 0.2) is 0 Å². The molecule has 0 heterocycles. The average Bonchev–Trinajstić information content (AvgIpc) is 2.26. The van der Waals surface area contributed by atoms with Gasteiger partial charge in [-0.3, -0.25) is 4.79 Å². The minimum Gasteiger partial charge on any atom is -0.481 e. The molecular weight excluding hydrogens is 238 g/mol. The van der Waals surface area contributed by atoms with Crippen molar-refractivity contribution in [3.05, 3.63) is 0 Å². The number of aliphatic carboxylic acids is 1. The van der Waals surface area contributed by atoms with Gasteiger partial charge in [0, 0.05) is 12.6 Å².